The molecule has 0 spiro atoms. The zero-order valence-corrected chi connectivity index (χ0v) is 22.1. The van der Waals surface area contributed by atoms with Gasteiger partial charge in [-0.15, -0.1) is 11.3 Å². The lowest BCUT2D eigenvalue weighted by atomic mass is 10.0. The smallest absolute Gasteiger partial charge is 0.251 e. The van der Waals surface area contributed by atoms with Crippen LogP contribution in [0.2, 0.25) is 0 Å². The molecule has 37 heavy (non-hydrogen) atoms. The number of nitrogens with zero attached hydrogens (tertiary/aromatic N) is 1. The van der Waals surface area contributed by atoms with Crippen molar-refractivity contribution in [3.05, 3.63) is 89.3 Å². The summed E-state index contributed by atoms with van der Waals surface area (Å²) in [4.78, 5) is 30.4. The molecule has 0 aliphatic heterocycles. The van der Waals surface area contributed by atoms with E-state index in [0.717, 1.165) is 33.7 Å². The number of thioether (sulfide) groups is 1. The summed E-state index contributed by atoms with van der Waals surface area (Å²) in [5.41, 5.74) is 17.5. The number of nitrogens with one attached hydrogen (secondary N) is 2. The molecule has 3 aromatic carbocycles. The zero-order chi connectivity index (χ0) is 26.2. The van der Waals surface area contributed by atoms with E-state index in [1.54, 1.807) is 36.0 Å². The van der Waals surface area contributed by atoms with Gasteiger partial charge >= 0.3 is 0 Å². The van der Waals surface area contributed by atoms with E-state index in [4.69, 9.17) is 11.5 Å². The summed E-state index contributed by atoms with van der Waals surface area (Å²) in [6.45, 7) is 0.487. The molecule has 0 bridgehead atoms. The second-order valence-electron chi connectivity index (χ2n) is 8.44. The second-order valence-corrected chi connectivity index (χ2v) is 10.3. The first-order valence-electron chi connectivity index (χ1n) is 11.8. The van der Waals surface area contributed by atoms with Crippen LogP contribution >= 0.6 is 23.1 Å². The maximum absolute atomic E-state index is 13.1. The number of carbonyl (C=O) groups is 2. The van der Waals surface area contributed by atoms with Crippen LogP contribution in [0.1, 0.15) is 22.3 Å². The van der Waals surface area contributed by atoms with E-state index in [0.29, 0.717) is 29.3 Å². The van der Waals surface area contributed by atoms with Crippen molar-refractivity contribution in [2.45, 2.75) is 19.0 Å². The van der Waals surface area contributed by atoms with Crippen LogP contribution in [0.3, 0.4) is 0 Å². The van der Waals surface area contributed by atoms with E-state index in [-0.39, 0.29) is 11.8 Å². The third-order valence-electron chi connectivity index (χ3n) is 5.79. The molecule has 4 rings (SSSR count). The lowest BCUT2D eigenvalue weighted by Crippen LogP contribution is -2.44. The Morgan fingerprint density at radius 2 is 1.70 bits per heavy atom. The SMILES string of the molecule is CSCC[C@H](NC(=O)c1ccc(N)cc1)C(=O)Nc1nc(-c2cccc(-c3cccc(CN)c3)c2)cs1. The Balaban J connectivity index is 1.47. The highest BCUT2D eigenvalue weighted by Crippen LogP contribution is 2.29. The normalized spacial score (nSPS) is 11.6. The number of hydrogen-bond donors (Lipinski definition) is 4. The van der Waals surface area contributed by atoms with Gasteiger partial charge in [0.2, 0.25) is 5.91 Å². The third-order valence-corrected chi connectivity index (χ3v) is 7.20. The lowest BCUT2D eigenvalue weighted by Gasteiger charge is -2.17. The molecule has 0 aliphatic carbocycles. The van der Waals surface area contributed by atoms with Crippen molar-refractivity contribution >= 4 is 45.7 Å². The summed E-state index contributed by atoms with van der Waals surface area (Å²) in [7, 11) is 0. The van der Waals surface area contributed by atoms with Crippen LogP contribution in [-0.4, -0.2) is 34.8 Å². The standard InChI is InChI=1S/C28H29N5O2S2/c1-36-13-12-24(31-26(34)19-8-10-23(30)11-9-19)27(35)33-28-32-25(17-37-28)22-7-3-6-21(15-22)20-5-2-4-18(14-20)16-29/h2-11,14-15,17,24H,12-13,16,29-30H2,1H3,(H,31,34)(H,32,33,35)/t24-/m0/s1. The van der Waals surface area contributed by atoms with E-state index in [9.17, 15) is 9.59 Å². The number of nitrogens with two attached hydrogens (primary N) is 2. The molecule has 0 radical (unpaired) electrons. The number of benzene rings is 3. The maximum atomic E-state index is 13.1. The van der Waals surface area contributed by atoms with Gasteiger partial charge in [0.1, 0.15) is 6.04 Å². The number of anilines is 2. The number of rotatable bonds is 10. The first-order chi connectivity index (χ1) is 18.0. The molecule has 0 saturated heterocycles. The largest absolute Gasteiger partial charge is 0.399 e. The van der Waals surface area contributed by atoms with Crippen LogP contribution in [0.25, 0.3) is 22.4 Å². The zero-order valence-electron chi connectivity index (χ0n) is 20.4. The van der Waals surface area contributed by atoms with Crippen molar-refractivity contribution in [3.8, 4) is 22.4 Å². The summed E-state index contributed by atoms with van der Waals surface area (Å²) in [5, 5.41) is 8.11. The molecule has 2 amide bonds. The van der Waals surface area contributed by atoms with Crippen molar-refractivity contribution in [2.24, 2.45) is 5.73 Å². The molecule has 0 saturated carbocycles. The molecule has 0 fully saturated rings. The maximum Gasteiger partial charge on any atom is 0.251 e. The number of hydrogen-bond acceptors (Lipinski definition) is 7. The van der Waals surface area contributed by atoms with Crippen LogP contribution in [0.5, 0.6) is 0 Å². The fraction of sp³-hybridized carbons (Fsp3) is 0.179. The fourth-order valence-corrected chi connectivity index (χ4v) is 4.97. The van der Waals surface area contributed by atoms with Gasteiger partial charge in [0, 0.05) is 28.7 Å². The van der Waals surface area contributed by atoms with Crippen LogP contribution in [-0.2, 0) is 11.3 Å². The van der Waals surface area contributed by atoms with Crippen molar-refractivity contribution < 1.29 is 9.59 Å². The summed E-state index contributed by atoms with van der Waals surface area (Å²) in [5.74, 6) is 0.101. The molecule has 1 aromatic heterocycles. The number of carbonyl (C=O) groups excluding carboxylic acids is 2. The predicted molar refractivity (Wildman–Crippen MR) is 155 cm³/mol. The number of amides is 2. The molecule has 1 atom stereocenters. The summed E-state index contributed by atoms with van der Waals surface area (Å²) >= 11 is 2.96. The lowest BCUT2D eigenvalue weighted by molar-refractivity contribution is -0.118. The predicted octanol–water partition coefficient (Wildman–Crippen LogP) is 5.01. The van der Waals surface area contributed by atoms with Gasteiger partial charge in [-0.2, -0.15) is 11.8 Å². The van der Waals surface area contributed by atoms with Crippen LogP contribution in [0, 0.1) is 0 Å². The highest BCUT2D eigenvalue weighted by atomic mass is 32.2. The van der Waals surface area contributed by atoms with E-state index in [2.05, 4.69) is 33.8 Å². The monoisotopic (exact) mass is 531 g/mol. The van der Waals surface area contributed by atoms with Crippen molar-refractivity contribution in [1.82, 2.24) is 10.3 Å². The van der Waals surface area contributed by atoms with Gasteiger partial charge in [0.15, 0.2) is 5.13 Å². The Morgan fingerprint density at radius 3 is 2.43 bits per heavy atom. The van der Waals surface area contributed by atoms with Crippen LogP contribution in [0.4, 0.5) is 10.8 Å². The van der Waals surface area contributed by atoms with E-state index >= 15 is 0 Å². The van der Waals surface area contributed by atoms with Gasteiger partial charge in [-0.25, -0.2) is 4.98 Å². The Morgan fingerprint density at radius 1 is 1.00 bits per heavy atom. The molecule has 6 N–H and O–H groups in total. The van der Waals surface area contributed by atoms with Gasteiger partial charge in [0.25, 0.3) is 5.91 Å². The Labute approximate surface area is 224 Å². The number of thiazole rings is 1. The molecule has 7 nitrogen and oxygen atoms in total. The van der Waals surface area contributed by atoms with Gasteiger partial charge < -0.3 is 22.1 Å². The highest BCUT2D eigenvalue weighted by Gasteiger charge is 2.22. The highest BCUT2D eigenvalue weighted by molar-refractivity contribution is 7.98. The van der Waals surface area contributed by atoms with Gasteiger partial charge in [-0.1, -0.05) is 36.4 Å². The third kappa shape index (κ3) is 6.97. The summed E-state index contributed by atoms with van der Waals surface area (Å²) < 4.78 is 0. The summed E-state index contributed by atoms with van der Waals surface area (Å²) in [6, 6.07) is 22.2. The Kier molecular flexibility index (Phi) is 8.95. The minimum absolute atomic E-state index is 0.300. The molecule has 1 heterocycles. The molecule has 0 unspecified atom stereocenters. The quantitative estimate of drug-likeness (QED) is 0.213. The molecule has 0 aliphatic rings. The molecule has 9 heteroatoms. The van der Waals surface area contributed by atoms with Crippen LogP contribution in [0.15, 0.2) is 78.2 Å². The molecule has 4 aromatic rings. The molecule has 190 valence electrons. The topological polar surface area (TPSA) is 123 Å². The first-order valence-corrected chi connectivity index (χ1v) is 14.1. The fourth-order valence-electron chi connectivity index (χ4n) is 3.77. The van der Waals surface area contributed by atoms with Crippen molar-refractivity contribution in [3.63, 3.8) is 0 Å². The summed E-state index contributed by atoms with van der Waals surface area (Å²) in [6.07, 6.45) is 2.46. The first kappa shape index (κ1) is 26.4. The minimum atomic E-state index is -0.692. The van der Waals surface area contributed by atoms with Gasteiger partial charge in [-0.05, 0) is 71.5 Å². The minimum Gasteiger partial charge on any atom is -0.399 e. The van der Waals surface area contributed by atoms with Gasteiger partial charge in [0.05, 0.1) is 5.69 Å². The average Bonchev–Trinajstić information content (AvgIpc) is 3.39. The Bertz CT molecular complexity index is 1370. The Hall–Kier alpha value is -3.66. The molecular formula is C28H29N5O2S2. The molecular weight excluding hydrogens is 502 g/mol. The number of aromatic nitrogens is 1. The van der Waals surface area contributed by atoms with Crippen molar-refractivity contribution in [1.29, 1.82) is 0 Å². The van der Waals surface area contributed by atoms with Crippen LogP contribution < -0.4 is 22.1 Å². The average molecular weight is 532 g/mol. The van der Waals surface area contributed by atoms with Gasteiger partial charge in [-0.3, -0.25) is 9.59 Å². The van der Waals surface area contributed by atoms with E-state index in [1.165, 1.54) is 11.3 Å². The van der Waals surface area contributed by atoms with E-state index < -0.39 is 6.04 Å². The second kappa shape index (κ2) is 12.5. The van der Waals surface area contributed by atoms with Crippen molar-refractivity contribution in [2.75, 3.05) is 23.1 Å². The number of nitrogen functional groups attached to an aromatic ring is 1. The van der Waals surface area contributed by atoms with E-state index in [1.807, 2.05) is 42.0 Å².